The Balaban J connectivity index is 1.23. The van der Waals surface area contributed by atoms with E-state index in [1.807, 2.05) is 0 Å². The Bertz CT molecular complexity index is 2030. The van der Waals surface area contributed by atoms with E-state index in [4.69, 9.17) is 4.74 Å². The normalized spacial score (nSPS) is 20.0. The van der Waals surface area contributed by atoms with E-state index < -0.39 is 0 Å². The molecule has 0 saturated carbocycles. The molecule has 3 heterocycles. The molecule has 0 fully saturated rings. The second-order valence-electron chi connectivity index (χ2n) is 14.8. The van der Waals surface area contributed by atoms with Crippen molar-refractivity contribution in [3.05, 3.63) is 131 Å². The Labute approximate surface area is 287 Å². The van der Waals surface area contributed by atoms with Crippen LogP contribution in [0.1, 0.15) is 78.4 Å². The highest BCUT2D eigenvalue weighted by Gasteiger charge is 2.45. The number of unbranched alkanes of at least 4 members (excludes halogenated alkanes) is 2. The number of nitrogens with zero attached hydrogens (tertiary/aromatic N) is 2. The molecule has 0 aromatic heterocycles. The molecule has 0 bridgehead atoms. The molecule has 4 aromatic carbocycles. The van der Waals surface area contributed by atoms with Crippen LogP contribution in [0.15, 0.2) is 120 Å². The number of hydrogen-bond acceptors (Lipinski definition) is 2. The van der Waals surface area contributed by atoms with Crippen molar-refractivity contribution >= 4 is 38.6 Å². The Morgan fingerprint density at radius 2 is 1.42 bits per heavy atom. The van der Waals surface area contributed by atoms with Crippen LogP contribution in [0.4, 0.5) is 11.4 Å². The molecule has 0 radical (unpaired) electrons. The molecule has 0 unspecified atom stereocenters. The van der Waals surface area contributed by atoms with Gasteiger partial charge in [-0.1, -0.05) is 113 Å². The number of hydrogen-bond donors (Lipinski definition) is 0. The van der Waals surface area contributed by atoms with Crippen molar-refractivity contribution in [1.82, 2.24) is 0 Å². The second-order valence-corrected chi connectivity index (χ2v) is 14.8. The molecule has 3 aliphatic heterocycles. The van der Waals surface area contributed by atoms with Gasteiger partial charge in [0.2, 0.25) is 5.69 Å². The van der Waals surface area contributed by atoms with E-state index in [9.17, 15) is 0 Å². The smallest absolute Gasteiger partial charge is 0.210 e. The molecule has 0 amide bonds. The topological polar surface area (TPSA) is 15.5 Å². The van der Waals surface area contributed by atoms with Crippen molar-refractivity contribution in [1.29, 1.82) is 0 Å². The minimum absolute atomic E-state index is 0.102. The van der Waals surface area contributed by atoms with Crippen LogP contribution in [0.2, 0.25) is 0 Å². The summed E-state index contributed by atoms with van der Waals surface area (Å²) in [6, 6.07) is 26.9. The minimum atomic E-state index is -0.102. The fourth-order valence-electron chi connectivity index (χ4n) is 8.36. The Morgan fingerprint density at radius 1 is 0.729 bits per heavy atom. The molecule has 3 heteroatoms. The Morgan fingerprint density at radius 3 is 2.15 bits per heavy atom. The molecule has 3 aliphatic rings. The van der Waals surface area contributed by atoms with E-state index in [1.54, 1.807) is 0 Å². The zero-order valence-corrected chi connectivity index (χ0v) is 29.8. The first-order valence-electron chi connectivity index (χ1n) is 18.1. The summed E-state index contributed by atoms with van der Waals surface area (Å²) in [5, 5.41) is 5.35. The third-order valence-corrected chi connectivity index (χ3v) is 10.8. The van der Waals surface area contributed by atoms with E-state index in [0.29, 0.717) is 13.2 Å². The first-order valence-corrected chi connectivity index (χ1v) is 18.1. The van der Waals surface area contributed by atoms with Gasteiger partial charge < -0.3 is 9.64 Å². The lowest BCUT2D eigenvalue weighted by atomic mass is 9.79. The molecular formula is C45H51N2O+. The van der Waals surface area contributed by atoms with Crippen molar-refractivity contribution < 1.29 is 9.31 Å². The van der Waals surface area contributed by atoms with Crippen LogP contribution in [0.5, 0.6) is 0 Å². The highest BCUT2D eigenvalue weighted by atomic mass is 16.5. The maximum absolute atomic E-state index is 6.20. The lowest BCUT2D eigenvalue weighted by Crippen LogP contribution is -2.28. The first kappa shape index (κ1) is 32.3. The third-order valence-electron chi connectivity index (χ3n) is 10.8. The van der Waals surface area contributed by atoms with Crippen LogP contribution in [0.3, 0.4) is 0 Å². The van der Waals surface area contributed by atoms with E-state index in [0.717, 1.165) is 13.1 Å². The quantitative estimate of drug-likeness (QED) is 0.170. The zero-order chi connectivity index (χ0) is 33.5. The number of rotatable bonds is 9. The number of ether oxygens (including phenoxy) is 1. The average Bonchev–Trinajstić information content (AvgIpc) is 3.46. The molecule has 0 spiro atoms. The van der Waals surface area contributed by atoms with Crippen molar-refractivity contribution in [3.63, 3.8) is 0 Å². The van der Waals surface area contributed by atoms with Gasteiger partial charge >= 0.3 is 0 Å². The van der Waals surface area contributed by atoms with Gasteiger partial charge in [0, 0.05) is 47.5 Å². The van der Waals surface area contributed by atoms with Gasteiger partial charge in [-0.15, -0.1) is 0 Å². The van der Waals surface area contributed by atoms with E-state index >= 15 is 0 Å². The predicted molar refractivity (Wildman–Crippen MR) is 205 cm³/mol. The van der Waals surface area contributed by atoms with Gasteiger partial charge in [-0.3, -0.25) is 0 Å². The standard InChI is InChI=1S/C45H51N2O/c1-7-9-27-46-38-23-21-34-15-11-13-17-36(34)42(38)44(3,4)40(46)25-19-32-29-33(31-48-30-32)20-26-41-45(5,6)43-37-18-14-12-16-35(37)22-24-39(43)47(41)28-10-8-2/h11-26,29H,7-10,27-28,30-31H2,1-6H3/q+1. The van der Waals surface area contributed by atoms with Crippen LogP contribution in [-0.4, -0.2) is 36.6 Å². The molecule has 0 atom stereocenters. The van der Waals surface area contributed by atoms with Gasteiger partial charge in [0.05, 0.1) is 18.6 Å². The van der Waals surface area contributed by atoms with Gasteiger partial charge in [-0.05, 0) is 76.7 Å². The third kappa shape index (κ3) is 5.56. The van der Waals surface area contributed by atoms with Gasteiger partial charge in [0.25, 0.3) is 0 Å². The summed E-state index contributed by atoms with van der Waals surface area (Å²) in [7, 11) is 0. The van der Waals surface area contributed by atoms with Crippen LogP contribution >= 0.6 is 0 Å². The summed E-state index contributed by atoms with van der Waals surface area (Å²) in [4.78, 5) is 2.57. The lowest BCUT2D eigenvalue weighted by Gasteiger charge is -2.27. The predicted octanol–water partition coefficient (Wildman–Crippen LogP) is 11.1. The maximum Gasteiger partial charge on any atom is 0.210 e. The van der Waals surface area contributed by atoms with E-state index in [-0.39, 0.29) is 10.8 Å². The number of fused-ring (bicyclic) bond motifs is 6. The van der Waals surface area contributed by atoms with Crippen molar-refractivity contribution in [2.24, 2.45) is 0 Å². The van der Waals surface area contributed by atoms with Gasteiger partial charge in [0.1, 0.15) is 6.54 Å². The Kier molecular flexibility index (Phi) is 8.77. The molecule has 48 heavy (non-hydrogen) atoms. The maximum atomic E-state index is 6.20. The largest absolute Gasteiger partial charge is 0.372 e. The number of allylic oxidation sites excluding steroid dienone is 4. The highest BCUT2D eigenvalue weighted by Crippen LogP contribution is 2.51. The fourth-order valence-corrected chi connectivity index (χ4v) is 8.36. The van der Waals surface area contributed by atoms with Crippen LogP contribution in [0, 0.1) is 0 Å². The summed E-state index contributed by atoms with van der Waals surface area (Å²) in [5.41, 5.74) is 10.6. The molecule has 0 aliphatic carbocycles. The van der Waals surface area contributed by atoms with E-state index in [1.165, 1.54) is 92.3 Å². The van der Waals surface area contributed by atoms with Crippen molar-refractivity contribution in [3.8, 4) is 0 Å². The van der Waals surface area contributed by atoms with Crippen LogP contribution in [-0.2, 0) is 15.6 Å². The summed E-state index contributed by atoms with van der Waals surface area (Å²) >= 11 is 0. The van der Waals surface area contributed by atoms with Gasteiger partial charge in [-0.25, -0.2) is 0 Å². The van der Waals surface area contributed by atoms with Gasteiger partial charge in [-0.2, -0.15) is 4.58 Å². The monoisotopic (exact) mass is 635 g/mol. The molecule has 7 rings (SSSR count). The minimum Gasteiger partial charge on any atom is -0.372 e. The van der Waals surface area contributed by atoms with Crippen molar-refractivity contribution in [2.75, 3.05) is 31.2 Å². The van der Waals surface area contributed by atoms with Crippen LogP contribution < -0.4 is 4.90 Å². The molecule has 0 saturated heterocycles. The lowest BCUT2D eigenvalue weighted by molar-refractivity contribution is -0.438. The molecular weight excluding hydrogens is 585 g/mol. The highest BCUT2D eigenvalue weighted by molar-refractivity contribution is 6.07. The zero-order valence-electron chi connectivity index (χ0n) is 29.8. The molecule has 4 aromatic rings. The molecule has 3 nitrogen and oxygen atoms in total. The van der Waals surface area contributed by atoms with Gasteiger partial charge in [0.15, 0.2) is 5.71 Å². The first-order chi connectivity index (χ1) is 23.3. The average molecular weight is 636 g/mol. The fraction of sp³-hybridized carbons (Fsp3) is 0.356. The van der Waals surface area contributed by atoms with Crippen molar-refractivity contribution in [2.45, 2.75) is 78.1 Å². The SMILES string of the molecule is CCCCN1/C(=C/C=C2C=C(/C=C/C3=[N+](CCCC)c4ccc5ccccc5c4C3(C)C)COC/2)C(C)(C)c2c1ccc1ccccc21. The number of anilines is 1. The summed E-state index contributed by atoms with van der Waals surface area (Å²) < 4.78 is 8.77. The molecule has 0 N–H and O–H groups in total. The summed E-state index contributed by atoms with van der Waals surface area (Å²) in [6.07, 6.45) is 16.4. The second kappa shape index (κ2) is 13.0. The van der Waals surface area contributed by atoms with E-state index in [2.05, 4.69) is 154 Å². The summed E-state index contributed by atoms with van der Waals surface area (Å²) in [6.45, 7) is 17.4. The Hall–Kier alpha value is -4.21. The van der Waals surface area contributed by atoms with Crippen LogP contribution in [0.25, 0.3) is 21.5 Å². The number of benzene rings is 4. The molecule has 246 valence electrons. The summed E-state index contributed by atoms with van der Waals surface area (Å²) in [5.74, 6) is 0.